The Hall–Kier alpha value is -3.74. The first kappa shape index (κ1) is 17.7. The van der Waals surface area contributed by atoms with Gasteiger partial charge in [0.15, 0.2) is 0 Å². The van der Waals surface area contributed by atoms with Crippen molar-refractivity contribution in [3.05, 3.63) is 89.0 Å². The number of aryl methyl sites for hydroxylation is 1. The summed E-state index contributed by atoms with van der Waals surface area (Å²) in [5.41, 5.74) is 3.66. The number of benzene rings is 3. The van der Waals surface area contributed by atoms with Crippen molar-refractivity contribution in [2.75, 3.05) is 5.32 Å². The molecule has 4 rings (SSSR count). The van der Waals surface area contributed by atoms with Crippen molar-refractivity contribution in [2.45, 2.75) is 6.92 Å². The molecule has 1 heterocycles. The Bertz CT molecular complexity index is 1120. The van der Waals surface area contributed by atoms with Gasteiger partial charge >= 0.3 is 0 Å². The van der Waals surface area contributed by atoms with Crippen LogP contribution in [0, 0.1) is 18.6 Å². The molecule has 0 aromatic heterocycles. The highest BCUT2D eigenvalue weighted by atomic mass is 19.1. The van der Waals surface area contributed by atoms with E-state index in [9.17, 15) is 13.6 Å². The van der Waals surface area contributed by atoms with Crippen LogP contribution in [-0.4, -0.2) is 11.7 Å². The predicted molar refractivity (Wildman–Crippen MR) is 102 cm³/mol. The molecule has 0 bridgehead atoms. The smallest absolute Gasteiger partial charge is 0.261 e. The van der Waals surface area contributed by atoms with E-state index in [1.54, 1.807) is 12.1 Å². The van der Waals surface area contributed by atoms with Gasteiger partial charge in [0.2, 0.25) is 5.84 Å². The van der Waals surface area contributed by atoms with Crippen molar-refractivity contribution < 1.29 is 13.6 Å². The minimum atomic E-state index is -0.905. The van der Waals surface area contributed by atoms with E-state index in [0.29, 0.717) is 11.5 Å². The average Bonchev–Trinajstić information content (AvgIpc) is 2.62. The van der Waals surface area contributed by atoms with Crippen LogP contribution >= 0.6 is 0 Å². The molecule has 1 N–H and O–H groups in total. The highest BCUT2D eigenvalue weighted by Crippen LogP contribution is 2.27. The van der Waals surface area contributed by atoms with Gasteiger partial charge in [0.25, 0.3) is 5.91 Å². The molecular weight excluding hydrogens is 362 g/mol. The summed E-state index contributed by atoms with van der Waals surface area (Å²) in [6.45, 7) is 1.99. The highest BCUT2D eigenvalue weighted by Gasteiger charge is 2.17. The second kappa shape index (κ2) is 7.11. The zero-order chi connectivity index (χ0) is 19.7. The Morgan fingerprint density at radius 3 is 2.18 bits per heavy atom. The molecule has 7 heteroatoms. The molecular formula is C21H14F2N4O. The molecule has 0 saturated carbocycles. The molecule has 1 amide bonds. The van der Waals surface area contributed by atoms with Gasteiger partial charge in [-0.25, -0.2) is 8.78 Å². The highest BCUT2D eigenvalue weighted by molar-refractivity contribution is 6.05. The van der Waals surface area contributed by atoms with E-state index >= 15 is 0 Å². The maximum absolute atomic E-state index is 13.7. The maximum atomic E-state index is 13.7. The van der Waals surface area contributed by atoms with Crippen LogP contribution in [-0.2, 0) is 0 Å². The molecule has 1 aliphatic heterocycles. The van der Waals surface area contributed by atoms with E-state index < -0.39 is 23.1 Å². The van der Waals surface area contributed by atoms with Crippen LogP contribution in [0.4, 0.5) is 14.5 Å². The Morgan fingerprint density at radius 1 is 0.929 bits per heavy atom. The van der Waals surface area contributed by atoms with Crippen LogP contribution < -0.4 is 5.32 Å². The number of rotatable bonds is 4. The number of halogens is 2. The third-order valence-electron chi connectivity index (χ3n) is 4.42. The minimum Gasteiger partial charge on any atom is -0.322 e. The van der Waals surface area contributed by atoms with Crippen molar-refractivity contribution in [1.29, 1.82) is 0 Å². The van der Waals surface area contributed by atoms with Gasteiger partial charge in [-0.3, -0.25) is 4.79 Å². The normalized spacial score (nSPS) is 12.3. The largest absolute Gasteiger partial charge is 0.322 e. The van der Waals surface area contributed by atoms with Crippen molar-refractivity contribution in [3.8, 4) is 11.1 Å². The fraction of sp³-hybridized carbons (Fsp3) is 0.0476. The number of carbonyl (C=O) groups is 1. The number of nitrogens with zero attached hydrogens (tertiary/aromatic N) is 3. The zero-order valence-electron chi connectivity index (χ0n) is 14.8. The maximum Gasteiger partial charge on any atom is 0.261 e. The number of carbonyl (C=O) groups excluding carboxylic acids is 1. The Labute approximate surface area is 159 Å². The van der Waals surface area contributed by atoms with Crippen molar-refractivity contribution in [1.82, 2.24) is 0 Å². The molecule has 3 aromatic rings. The Balaban J connectivity index is 1.57. The fourth-order valence-electron chi connectivity index (χ4n) is 2.92. The lowest BCUT2D eigenvalue weighted by Crippen LogP contribution is -2.15. The molecule has 3 aromatic carbocycles. The number of hydrogen-bond donors (Lipinski definition) is 1. The number of anilines is 1. The summed E-state index contributed by atoms with van der Waals surface area (Å²) in [6.07, 6.45) is 0. The third kappa shape index (κ3) is 3.29. The molecule has 138 valence electrons. The molecule has 0 radical (unpaired) electrons. The molecule has 0 atom stereocenters. The number of amides is 1. The van der Waals surface area contributed by atoms with E-state index in [1.165, 1.54) is 6.07 Å². The summed E-state index contributed by atoms with van der Waals surface area (Å²) >= 11 is 0. The van der Waals surface area contributed by atoms with Gasteiger partial charge in [0, 0.05) is 11.3 Å². The molecule has 0 fully saturated rings. The van der Waals surface area contributed by atoms with Gasteiger partial charge in [-0.1, -0.05) is 30.3 Å². The first-order valence-electron chi connectivity index (χ1n) is 8.48. The summed E-state index contributed by atoms with van der Waals surface area (Å²) in [5, 5.41) is 13.7. The Morgan fingerprint density at radius 2 is 1.57 bits per heavy atom. The van der Waals surface area contributed by atoms with Crippen molar-refractivity contribution in [3.63, 3.8) is 0 Å². The standard InChI is InChI=1S/C21H14F2N4O/c1-12-5-6-14(20-25-27-26-20)11-16(12)13-7-9-15(10-8-13)24-21(28)19-17(22)3-2-4-18(19)23/h2-11H,1H3,(H,24,28). The fourth-order valence-corrected chi connectivity index (χ4v) is 2.92. The van der Waals surface area contributed by atoms with Gasteiger partial charge in [-0.2, -0.15) is 0 Å². The lowest BCUT2D eigenvalue weighted by atomic mass is 9.97. The summed E-state index contributed by atoms with van der Waals surface area (Å²) < 4.78 is 27.5. The molecule has 1 aliphatic rings. The predicted octanol–water partition coefficient (Wildman–Crippen LogP) is 5.32. The van der Waals surface area contributed by atoms with E-state index in [-0.39, 0.29) is 0 Å². The monoisotopic (exact) mass is 376 g/mol. The lowest BCUT2D eigenvalue weighted by molar-refractivity contribution is 0.101. The van der Waals surface area contributed by atoms with Gasteiger partial charge in [-0.15, -0.1) is 10.2 Å². The number of hydrogen-bond acceptors (Lipinski definition) is 4. The molecule has 0 aliphatic carbocycles. The van der Waals surface area contributed by atoms with Gasteiger partial charge < -0.3 is 5.32 Å². The quantitative estimate of drug-likeness (QED) is 0.658. The first-order chi connectivity index (χ1) is 13.5. The van der Waals surface area contributed by atoms with Crippen LogP contribution in [0.2, 0.25) is 0 Å². The Kier molecular flexibility index (Phi) is 4.49. The van der Waals surface area contributed by atoms with Crippen LogP contribution in [0.25, 0.3) is 11.1 Å². The van der Waals surface area contributed by atoms with Crippen LogP contribution in [0.1, 0.15) is 21.5 Å². The van der Waals surface area contributed by atoms with Gasteiger partial charge in [0.05, 0.1) is 0 Å². The zero-order valence-corrected chi connectivity index (χ0v) is 14.8. The lowest BCUT2D eigenvalue weighted by Gasteiger charge is -2.11. The molecule has 5 nitrogen and oxygen atoms in total. The van der Waals surface area contributed by atoms with Crippen molar-refractivity contribution >= 4 is 17.4 Å². The number of nitrogens with one attached hydrogen (secondary N) is 1. The van der Waals surface area contributed by atoms with Gasteiger partial charge in [0.1, 0.15) is 17.2 Å². The SMILES string of the molecule is Cc1ccc(C2=NN=N2)cc1-c1ccc(NC(=O)c2c(F)cccc2F)cc1. The van der Waals surface area contributed by atoms with Crippen LogP contribution in [0.3, 0.4) is 0 Å². The van der Waals surface area contributed by atoms with E-state index in [4.69, 9.17) is 0 Å². The second-order valence-corrected chi connectivity index (χ2v) is 6.27. The molecule has 0 unspecified atom stereocenters. The summed E-state index contributed by atoms with van der Waals surface area (Å²) in [4.78, 5) is 12.2. The van der Waals surface area contributed by atoms with Gasteiger partial charge in [-0.05, 0) is 59.2 Å². The third-order valence-corrected chi connectivity index (χ3v) is 4.42. The van der Waals surface area contributed by atoms with Crippen LogP contribution in [0.5, 0.6) is 0 Å². The van der Waals surface area contributed by atoms with E-state index in [0.717, 1.165) is 34.4 Å². The molecule has 0 saturated heterocycles. The topological polar surface area (TPSA) is 66.2 Å². The summed E-state index contributed by atoms with van der Waals surface area (Å²) in [5.74, 6) is -2.07. The first-order valence-corrected chi connectivity index (χ1v) is 8.48. The number of amidine groups is 1. The summed E-state index contributed by atoms with van der Waals surface area (Å²) in [7, 11) is 0. The molecule has 28 heavy (non-hydrogen) atoms. The van der Waals surface area contributed by atoms with E-state index in [2.05, 4.69) is 20.8 Å². The average molecular weight is 376 g/mol. The molecule has 0 spiro atoms. The van der Waals surface area contributed by atoms with Crippen molar-refractivity contribution in [2.24, 2.45) is 15.4 Å². The van der Waals surface area contributed by atoms with E-state index in [1.807, 2.05) is 37.3 Å². The summed E-state index contributed by atoms with van der Waals surface area (Å²) in [6, 6.07) is 16.2. The van der Waals surface area contributed by atoms with Crippen LogP contribution in [0.15, 0.2) is 76.1 Å². The second-order valence-electron chi connectivity index (χ2n) is 6.27. The minimum absolute atomic E-state index is 0.433.